The number of aromatic amines is 2. The van der Waals surface area contributed by atoms with Crippen LogP contribution in [-0.2, 0) is 19.1 Å². The fraction of sp³-hybridized carbons (Fsp3) is 0.467. The topological polar surface area (TPSA) is 175 Å². The standard InChI is InChI=1S/C45H56N8O6S/c1-23(2)37(49-44(56)58-8)42(54)52-21-25(5)16-34(52)39-46-20-33(48-39)29-12-10-28(11-13-29)30-14-15-31(27(7)18-30)36-19-32-41(60-36)51-40(47-32)35-17-26(6)22-53(35)43(55)38(24(3)4)50-45(57)59-9/h10-15,18-20,23-26,34-35,37-38H,16-17,21-22H2,1-9H3,(H,46,48)(H,47,51)(H,49,56)(H,50,57)/t25-,26+,34-,35-,37-,38-/m0/s1. The van der Waals surface area contributed by atoms with Crippen LogP contribution in [0.2, 0.25) is 0 Å². The van der Waals surface area contributed by atoms with Crippen molar-refractivity contribution in [1.29, 1.82) is 0 Å². The number of amides is 4. The van der Waals surface area contributed by atoms with Crippen molar-refractivity contribution in [2.24, 2.45) is 23.7 Å². The number of nitrogens with zero attached hydrogens (tertiary/aromatic N) is 4. The molecule has 14 nitrogen and oxygen atoms in total. The van der Waals surface area contributed by atoms with Crippen molar-refractivity contribution in [2.45, 2.75) is 85.5 Å². The molecule has 3 aromatic heterocycles. The monoisotopic (exact) mass is 836 g/mol. The van der Waals surface area contributed by atoms with Gasteiger partial charge in [-0.3, -0.25) is 9.59 Å². The molecule has 0 saturated carbocycles. The van der Waals surface area contributed by atoms with E-state index in [1.165, 1.54) is 14.2 Å². The number of hydrogen-bond acceptors (Lipinski definition) is 9. The molecule has 2 fully saturated rings. The largest absolute Gasteiger partial charge is 0.453 e. The van der Waals surface area contributed by atoms with Crippen molar-refractivity contribution < 1.29 is 28.7 Å². The molecular formula is C45H56N8O6S. The van der Waals surface area contributed by atoms with Gasteiger partial charge in [-0.15, -0.1) is 11.3 Å². The number of H-pyrrole nitrogens is 2. The molecule has 4 amide bonds. The third-order valence-corrected chi connectivity index (χ3v) is 12.9. The predicted molar refractivity (Wildman–Crippen MR) is 232 cm³/mol. The second-order valence-electron chi connectivity index (χ2n) is 17.2. The molecule has 0 radical (unpaired) electrons. The smallest absolute Gasteiger partial charge is 0.407 e. The maximum absolute atomic E-state index is 13.7. The van der Waals surface area contributed by atoms with Crippen LogP contribution in [0, 0.1) is 30.6 Å². The fourth-order valence-corrected chi connectivity index (χ4v) is 9.68. The van der Waals surface area contributed by atoms with Gasteiger partial charge in [-0.1, -0.05) is 84.0 Å². The Bertz CT molecular complexity index is 2330. The highest BCUT2D eigenvalue weighted by molar-refractivity contribution is 7.21. The molecule has 4 N–H and O–H groups in total. The van der Waals surface area contributed by atoms with Crippen LogP contribution in [0.5, 0.6) is 0 Å². The maximum atomic E-state index is 13.7. The molecule has 2 aliphatic rings. The average Bonchev–Trinajstić information content (AvgIpc) is 4.07. The number of hydrogen-bond donors (Lipinski definition) is 4. The van der Waals surface area contributed by atoms with Crippen LogP contribution in [0.4, 0.5) is 9.59 Å². The second-order valence-corrected chi connectivity index (χ2v) is 18.2. The Kier molecular flexibility index (Phi) is 12.4. The minimum atomic E-state index is -0.698. The van der Waals surface area contributed by atoms with Crippen LogP contribution < -0.4 is 10.6 Å². The van der Waals surface area contributed by atoms with Crippen molar-refractivity contribution in [1.82, 2.24) is 40.4 Å². The summed E-state index contributed by atoms with van der Waals surface area (Å²) in [5.41, 5.74) is 7.25. The number of methoxy groups -OCH3 is 2. The summed E-state index contributed by atoms with van der Waals surface area (Å²) in [6.45, 7) is 15.2. The Labute approximate surface area is 354 Å². The first-order chi connectivity index (χ1) is 28.6. The molecule has 2 aliphatic heterocycles. The van der Waals surface area contributed by atoms with E-state index in [4.69, 9.17) is 19.4 Å². The van der Waals surface area contributed by atoms with Crippen LogP contribution in [0.15, 0.2) is 54.7 Å². The molecule has 0 bridgehead atoms. The van der Waals surface area contributed by atoms with Gasteiger partial charge < -0.3 is 39.9 Å². The van der Waals surface area contributed by atoms with Crippen LogP contribution in [0.3, 0.4) is 0 Å². The molecule has 5 aromatic rings. The van der Waals surface area contributed by atoms with Gasteiger partial charge in [-0.25, -0.2) is 19.6 Å². The molecular weight excluding hydrogens is 781 g/mol. The SMILES string of the molecule is COC(=O)N[C@H](C(=O)N1C[C@@H](C)C[C@H]1c1ncc(-c2ccc(-c3ccc(-c4cc5[nH]c([C@@H]6C[C@@H](C)CN6C(=O)[C@@H](NC(=O)OC)C(C)C)nc5s4)c(C)c3)cc2)[nH]1)C(C)C. The highest BCUT2D eigenvalue weighted by atomic mass is 32.1. The van der Waals surface area contributed by atoms with Crippen molar-refractivity contribution in [3.63, 3.8) is 0 Å². The first-order valence-corrected chi connectivity index (χ1v) is 21.5. The minimum absolute atomic E-state index is 0.108. The molecule has 60 heavy (non-hydrogen) atoms. The summed E-state index contributed by atoms with van der Waals surface area (Å²) in [6.07, 6.45) is 2.13. The highest BCUT2D eigenvalue weighted by Crippen LogP contribution is 2.41. The van der Waals surface area contributed by atoms with Gasteiger partial charge in [-0.2, -0.15) is 0 Å². The Hall–Kier alpha value is -5.70. The summed E-state index contributed by atoms with van der Waals surface area (Å²) in [7, 11) is 2.59. The lowest BCUT2D eigenvalue weighted by Gasteiger charge is -2.30. The lowest BCUT2D eigenvalue weighted by molar-refractivity contribution is -0.136. The summed E-state index contributed by atoms with van der Waals surface area (Å²) in [5.74, 6) is 1.57. The quantitative estimate of drug-likeness (QED) is 0.103. The molecule has 2 saturated heterocycles. The van der Waals surface area contributed by atoms with Gasteiger partial charge in [0, 0.05) is 18.0 Å². The molecule has 2 aromatic carbocycles. The number of rotatable bonds is 11. The Morgan fingerprint density at radius 2 is 1.28 bits per heavy atom. The number of benzene rings is 2. The normalized spacial score (nSPS) is 20.2. The number of aryl methyl sites for hydroxylation is 1. The molecule has 0 unspecified atom stereocenters. The molecule has 6 atom stereocenters. The fourth-order valence-electron chi connectivity index (χ4n) is 8.59. The van der Waals surface area contributed by atoms with Gasteiger partial charge in [0.15, 0.2) is 0 Å². The number of carbonyl (C=O) groups excluding carboxylic acids is 4. The molecule has 0 aliphatic carbocycles. The van der Waals surface area contributed by atoms with Gasteiger partial charge in [0.2, 0.25) is 11.8 Å². The summed E-state index contributed by atoms with van der Waals surface area (Å²) >= 11 is 1.62. The third-order valence-electron chi connectivity index (χ3n) is 11.8. The number of fused-ring (bicyclic) bond motifs is 1. The zero-order valence-electron chi connectivity index (χ0n) is 35.8. The second kappa shape index (κ2) is 17.5. The summed E-state index contributed by atoms with van der Waals surface area (Å²) in [5, 5.41) is 5.44. The van der Waals surface area contributed by atoms with E-state index in [-0.39, 0.29) is 47.6 Å². The Balaban J connectivity index is 1.04. The van der Waals surface area contributed by atoms with Gasteiger partial charge in [0.1, 0.15) is 28.6 Å². The first-order valence-electron chi connectivity index (χ1n) is 20.7. The molecule has 5 heterocycles. The number of nitrogens with one attached hydrogen (secondary N) is 4. The van der Waals surface area contributed by atoms with Crippen molar-refractivity contribution in [3.8, 4) is 32.8 Å². The van der Waals surface area contributed by atoms with Crippen molar-refractivity contribution in [3.05, 3.63) is 71.9 Å². The number of carbonyl (C=O) groups is 4. The average molecular weight is 837 g/mol. The van der Waals surface area contributed by atoms with Crippen LogP contribution in [-0.4, -0.2) is 93.1 Å². The van der Waals surface area contributed by atoms with Crippen molar-refractivity contribution in [2.75, 3.05) is 27.3 Å². The number of alkyl carbamates (subject to hydrolysis) is 2. The summed E-state index contributed by atoms with van der Waals surface area (Å²) < 4.78 is 9.58. The van der Waals surface area contributed by atoms with Gasteiger partial charge in [-0.05, 0) is 77.3 Å². The lowest BCUT2D eigenvalue weighted by Crippen LogP contribution is -2.51. The number of likely N-dealkylation sites (tertiary alicyclic amines) is 2. The third kappa shape index (κ3) is 8.63. The van der Waals surface area contributed by atoms with Gasteiger partial charge in [0.25, 0.3) is 0 Å². The predicted octanol–water partition coefficient (Wildman–Crippen LogP) is 8.24. The summed E-state index contributed by atoms with van der Waals surface area (Å²) in [6, 6.07) is 15.2. The Morgan fingerprint density at radius 3 is 1.80 bits per heavy atom. The van der Waals surface area contributed by atoms with E-state index in [2.05, 4.69) is 89.9 Å². The number of ether oxygens (including phenoxy) is 2. The van der Waals surface area contributed by atoms with E-state index in [1.807, 2.05) is 43.7 Å². The van der Waals surface area contributed by atoms with Crippen LogP contribution >= 0.6 is 11.3 Å². The molecule has 318 valence electrons. The zero-order chi connectivity index (χ0) is 43.0. The van der Waals surface area contributed by atoms with E-state index < -0.39 is 24.3 Å². The number of aromatic nitrogens is 4. The zero-order valence-corrected chi connectivity index (χ0v) is 36.6. The van der Waals surface area contributed by atoms with E-state index in [9.17, 15) is 19.2 Å². The summed E-state index contributed by atoms with van der Waals surface area (Å²) in [4.78, 5) is 73.9. The highest BCUT2D eigenvalue weighted by Gasteiger charge is 2.41. The lowest BCUT2D eigenvalue weighted by atomic mass is 9.98. The molecule has 7 rings (SSSR count). The molecule has 15 heteroatoms. The van der Waals surface area contributed by atoms with E-state index in [0.29, 0.717) is 13.1 Å². The molecule has 0 spiro atoms. The van der Waals surface area contributed by atoms with E-state index >= 15 is 0 Å². The van der Waals surface area contributed by atoms with Gasteiger partial charge >= 0.3 is 12.2 Å². The van der Waals surface area contributed by atoms with Gasteiger partial charge in [0.05, 0.1) is 43.7 Å². The number of thiophene rings is 1. The van der Waals surface area contributed by atoms with E-state index in [0.717, 1.165) is 73.2 Å². The van der Waals surface area contributed by atoms with E-state index in [1.54, 1.807) is 11.3 Å². The minimum Gasteiger partial charge on any atom is -0.453 e. The number of imidazole rings is 2. The van der Waals surface area contributed by atoms with Crippen LogP contribution in [0.25, 0.3) is 43.2 Å². The maximum Gasteiger partial charge on any atom is 0.407 e. The first kappa shape index (κ1) is 42.4. The van der Waals surface area contributed by atoms with Crippen LogP contribution in [0.1, 0.15) is 83.7 Å². The Morgan fingerprint density at radius 1 is 0.750 bits per heavy atom. The van der Waals surface area contributed by atoms with Crippen molar-refractivity contribution >= 4 is 45.7 Å².